The summed E-state index contributed by atoms with van der Waals surface area (Å²) in [7, 11) is 0. The average Bonchev–Trinajstić information content (AvgIpc) is 2.13. The first kappa shape index (κ1) is 11.0. The third-order valence-corrected chi connectivity index (χ3v) is 3.17. The third kappa shape index (κ3) is 3.29. The summed E-state index contributed by atoms with van der Waals surface area (Å²) in [5, 5.41) is 1.05. The van der Waals surface area contributed by atoms with Gasteiger partial charge < -0.3 is 4.90 Å². The van der Waals surface area contributed by atoms with Crippen LogP contribution >= 0.6 is 15.9 Å². The second kappa shape index (κ2) is 5.63. The Bertz CT molecular complexity index is 172. The minimum absolute atomic E-state index is 0.262. The topological polar surface area (TPSA) is 20.3 Å². The van der Waals surface area contributed by atoms with Crippen molar-refractivity contribution in [2.75, 3.05) is 18.4 Å². The number of nitrogens with zero attached hydrogens (tertiary/aromatic N) is 1. The third-order valence-electron chi connectivity index (χ3n) is 2.61. The smallest absolute Gasteiger partial charge is 0.225 e. The lowest BCUT2D eigenvalue weighted by Gasteiger charge is -2.30. The van der Waals surface area contributed by atoms with E-state index >= 15 is 0 Å². The highest BCUT2D eigenvalue weighted by molar-refractivity contribution is 9.09. The molecule has 1 aliphatic rings. The van der Waals surface area contributed by atoms with Gasteiger partial charge in [0.25, 0.3) is 0 Å². The molecule has 0 bridgehead atoms. The number of halogens is 1. The predicted molar refractivity (Wildman–Crippen MR) is 58.0 cm³/mol. The molecule has 1 amide bonds. The number of hydrogen-bond donors (Lipinski definition) is 0. The number of alkyl halides is 1. The Hall–Kier alpha value is -0.0500. The molecular formula is C10H18BrNO. The second-order valence-electron chi connectivity index (χ2n) is 3.76. The molecule has 2 nitrogen and oxygen atoms in total. The molecule has 0 aromatic rings. The first-order chi connectivity index (χ1) is 6.25. The second-order valence-corrected chi connectivity index (χ2v) is 4.56. The van der Waals surface area contributed by atoms with Gasteiger partial charge in [0, 0.05) is 24.3 Å². The maximum absolute atomic E-state index is 11.6. The van der Waals surface area contributed by atoms with Gasteiger partial charge in [-0.05, 0) is 25.7 Å². The molecular weight excluding hydrogens is 230 g/mol. The maximum atomic E-state index is 11.6. The Morgan fingerprint density at radius 2 is 2.31 bits per heavy atom. The lowest BCUT2D eigenvalue weighted by Crippen LogP contribution is -2.40. The lowest BCUT2D eigenvalue weighted by atomic mass is 9.99. The van der Waals surface area contributed by atoms with Crippen molar-refractivity contribution in [3.8, 4) is 0 Å². The monoisotopic (exact) mass is 247 g/mol. The van der Waals surface area contributed by atoms with Gasteiger partial charge in [-0.15, -0.1) is 0 Å². The summed E-state index contributed by atoms with van der Waals surface area (Å²) in [5.41, 5.74) is 0. The molecule has 1 atom stereocenters. The SMILES string of the molecule is CC1CCCN(CCCCBr)C1=O. The summed E-state index contributed by atoms with van der Waals surface area (Å²) in [6.45, 7) is 3.97. The Morgan fingerprint density at radius 3 is 3.00 bits per heavy atom. The summed E-state index contributed by atoms with van der Waals surface area (Å²) in [6, 6.07) is 0. The molecule has 0 spiro atoms. The van der Waals surface area contributed by atoms with Gasteiger partial charge in [0.1, 0.15) is 0 Å². The molecule has 13 heavy (non-hydrogen) atoms. The molecule has 0 aliphatic carbocycles. The van der Waals surface area contributed by atoms with Crippen molar-refractivity contribution in [1.29, 1.82) is 0 Å². The van der Waals surface area contributed by atoms with Gasteiger partial charge in [-0.25, -0.2) is 0 Å². The molecule has 1 fully saturated rings. The number of rotatable bonds is 4. The van der Waals surface area contributed by atoms with E-state index in [1.165, 1.54) is 6.42 Å². The van der Waals surface area contributed by atoms with Crippen molar-refractivity contribution in [2.24, 2.45) is 5.92 Å². The van der Waals surface area contributed by atoms with Crippen LogP contribution < -0.4 is 0 Å². The largest absolute Gasteiger partial charge is 0.342 e. The van der Waals surface area contributed by atoms with E-state index in [4.69, 9.17) is 0 Å². The fourth-order valence-electron chi connectivity index (χ4n) is 1.75. The minimum atomic E-state index is 0.262. The standard InChI is InChI=1S/C10H18BrNO/c1-9-5-4-8-12(10(9)13)7-3-2-6-11/h9H,2-8H2,1H3. The van der Waals surface area contributed by atoms with Crippen LogP contribution in [0.25, 0.3) is 0 Å². The zero-order valence-electron chi connectivity index (χ0n) is 8.26. The molecule has 0 N–H and O–H groups in total. The van der Waals surface area contributed by atoms with E-state index in [0.717, 1.165) is 37.7 Å². The summed E-state index contributed by atoms with van der Waals surface area (Å²) in [6.07, 6.45) is 4.55. The summed E-state index contributed by atoms with van der Waals surface area (Å²) >= 11 is 3.40. The molecule has 0 saturated carbocycles. The molecule has 0 aromatic carbocycles. The molecule has 0 radical (unpaired) electrons. The molecule has 1 aliphatic heterocycles. The average molecular weight is 248 g/mol. The summed E-state index contributed by atoms with van der Waals surface area (Å²) in [5.74, 6) is 0.624. The van der Waals surface area contributed by atoms with E-state index in [1.807, 2.05) is 11.8 Å². The number of carbonyl (C=O) groups excluding carboxylic acids is 1. The normalized spacial score (nSPS) is 23.7. The molecule has 1 heterocycles. The van der Waals surface area contributed by atoms with Gasteiger partial charge in [-0.2, -0.15) is 0 Å². The first-order valence-corrected chi connectivity index (χ1v) is 6.22. The van der Waals surface area contributed by atoms with Crippen LogP contribution in [0.5, 0.6) is 0 Å². The molecule has 76 valence electrons. The molecule has 3 heteroatoms. The van der Waals surface area contributed by atoms with Crippen LogP contribution in [-0.2, 0) is 4.79 Å². The van der Waals surface area contributed by atoms with Gasteiger partial charge in [0.15, 0.2) is 0 Å². The van der Waals surface area contributed by atoms with Crippen LogP contribution in [0.1, 0.15) is 32.6 Å². The summed E-state index contributed by atoms with van der Waals surface area (Å²) in [4.78, 5) is 13.7. The van der Waals surface area contributed by atoms with E-state index < -0.39 is 0 Å². The van der Waals surface area contributed by atoms with E-state index in [0.29, 0.717) is 5.91 Å². The number of carbonyl (C=O) groups is 1. The zero-order chi connectivity index (χ0) is 9.68. The van der Waals surface area contributed by atoms with Crippen molar-refractivity contribution in [3.05, 3.63) is 0 Å². The van der Waals surface area contributed by atoms with E-state index in [1.54, 1.807) is 0 Å². The van der Waals surface area contributed by atoms with Crippen LogP contribution in [0.4, 0.5) is 0 Å². The molecule has 0 aromatic heterocycles. The Labute approximate surface area is 88.8 Å². The number of unbranched alkanes of at least 4 members (excludes halogenated alkanes) is 1. The highest BCUT2D eigenvalue weighted by Crippen LogP contribution is 2.17. The maximum Gasteiger partial charge on any atom is 0.225 e. The van der Waals surface area contributed by atoms with Gasteiger partial charge >= 0.3 is 0 Å². The van der Waals surface area contributed by atoms with Crippen molar-refractivity contribution in [1.82, 2.24) is 4.90 Å². The number of amides is 1. The van der Waals surface area contributed by atoms with Crippen molar-refractivity contribution in [3.63, 3.8) is 0 Å². The van der Waals surface area contributed by atoms with Gasteiger partial charge in [-0.1, -0.05) is 22.9 Å². The predicted octanol–water partition coefficient (Wildman–Crippen LogP) is 2.42. The van der Waals surface area contributed by atoms with E-state index in [-0.39, 0.29) is 5.92 Å². The van der Waals surface area contributed by atoms with Gasteiger partial charge in [-0.3, -0.25) is 4.79 Å². The Balaban J connectivity index is 2.27. The highest BCUT2D eigenvalue weighted by atomic mass is 79.9. The number of piperidine rings is 1. The van der Waals surface area contributed by atoms with Crippen molar-refractivity contribution >= 4 is 21.8 Å². The van der Waals surface area contributed by atoms with E-state index in [2.05, 4.69) is 15.9 Å². The zero-order valence-corrected chi connectivity index (χ0v) is 9.85. The number of likely N-dealkylation sites (tertiary alicyclic amines) is 1. The van der Waals surface area contributed by atoms with Crippen molar-refractivity contribution < 1.29 is 4.79 Å². The first-order valence-electron chi connectivity index (χ1n) is 5.10. The molecule has 1 unspecified atom stereocenters. The molecule has 1 rings (SSSR count). The van der Waals surface area contributed by atoms with Crippen LogP contribution in [-0.4, -0.2) is 29.2 Å². The fourth-order valence-corrected chi connectivity index (χ4v) is 2.15. The highest BCUT2D eigenvalue weighted by Gasteiger charge is 2.23. The Morgan fingerprint density at radius 1 is 1.54 bits per heavy atom. The van der Waals surface area contributed by atoms with Crippen LogP contribution in [0.2, 0.25) is 0 Å². The minimum Gasteiger partial charge on any atom is -0.342 e. The summed E-state index contributed by atoms with van der Waals surface area (Å²) < 4.78 is 0. The number of hydrogen-bond acceptors (Lipinski definition) is 1. The van der Waals surface area contributed by atoms with E-state index in [9.17, 15) is 4.79 Å². The van der Waals surface area contributed by atoms with Crippen LogP contribution in [0.15, 0.2) is 0 Å². The van der Waals surface area contributed by atoms with Crippen LogP contribution in [0.3, 0.4) is 0 Å². The fraction of sp³-hybridized carbons (Fsp3) is 0.900. The Kier molecular flexibility index (Phi) is 4.78. The van der Waals surface area contributed by atoms with Gasteiger partial charge in [0.05, 0.1) is 0 Å². The van der Waals surface area contributed by atoms with Crippen molar-refractivity contribution in [2.45, 2.75) is 32.6 Å². The van der Waals surface area contributed by atoms with Gasteiger partial charge in [0.2, 0.25) is 5.91 Å². The lowest BCUT2D eigenvalue weighted by molar-refractivity contribution is -0.137. The van der Waals surface area contributed by atoms with Crippen LogP contribution in [0, 0.1) is 5.92 Å². The molecule has 1 saturated heterocycles. The quantitative estimate of drug-likeness (QED) is 0.552.